The van der Waals surface area contributed by atoms with Crippen LogP contribution in [0.2, 0.25) is 0 Å². The van der Waals surface area contributed by atoms with Crippen molar-refractivity contribution in [2.45, 2.75) is 24.8 Å². The van der Waals surface area contributed by atoms with Crippen molar-refractivity contribution < 1.29 is 23.1 Å². The molecule has 0 amide bonds. The summed E-state index contributed by atoms with van der Waals surface area (Å²) in [6.07, 6.45) is 0. The van der Waals surface area contributed by atoms with Crippen LogP contribution in [0.1, 0.15) is 12.5 Å². The summed E-state index contributed by atoms with van der Waals surface area (Å²) in [5.41, 5.74) is 0.656. The average Bonchev–Trinajstić information content (AvgIpc) is 2.28. The van der Waals surface area contributed by atoms with Crippen LogP contribution in [-0.4, -0.2) is 32.6 Å². The number of carbonyl (C=O) groups is 1. The van der Waals surface area contributed by atoms with Crippen molar-refractivity contribution in [3.05, 3.63) is 23.8 Å². The molecule has 7 heteroatoms. The van der Waals surface area contributed by atoms with Crippen LogP contribution in [0.3, 0.4) is 0 Å². The maximum atomic E-state index is 11.9. The fourth-order valence-corrected chi connectivity index (χ4v) is 2.65. The van der Waals surface area contributed by atoms with E-state index in [1.54, 1.807) is 6.92 Å². The van der Waals surface area contributed by atoms with E-state index >= 15 is 0 Å². The molecule has 2 N–H and O–H groups in total. The van der Waals surface area contributed by atoms with Gasteiger partial charge in [0.2, 0.25) is 10.0 Å². The Hall–Kier alpha value is -1.60. The predicted octanol–water partition coefficient (Wildman–Crippen LogP) is 0.755. The number of rotatable bonds is 5. The van der Waals surface area contributed by atoms with Crippen molar-refractivity contribution in [3.8, 4) is 5.75 Å². The number of hydrogen-bond donors (Lipinski definition) is 2. The van der Waals surface area contributed by atoms with Crippen molar-refractivity contribution >= 4 is 16.0 Å². The lowest BCUT2D eigenvalue weighted by molar-refractivity contribution is -0.138. The Morgan fingerprint density at radius 1 is 1.44 bits per heavy atom. The largest absolute Gasteiger partial charge is 0.496 e. The number of methoxy groups -OCH3 is 1. The molecule has 0 fully saturated rings. The molecule has 18 heavy (non-hydrogen) atoms. The second kappa shape index (κ2) is 5.36. The number of carboxylic acid groups (broad SMARTS) is 1. The lowest BCUT2D eigenvalue weighted by Crippen LogP contribution is -2.38. The molecule has 1 atom stereocenters. The molecule has 0 bridgehead atoms. The number of sulfonamides is 1. The Morgan fingerprint density at radius 3 is 2.50 bits per heavy atom. The average molecular weight is 273 g/mol. The first-order valence-corrected chi connectivity index (χ1v) is 6.66. The number of ether oxygens (including phenoxy) is 1. The van der Waals surface area contributed by atoms with E-state index in [1.165, 1.54) is 32.2 Å². The number of carboxylic acids is 1. The molecule has 0 spiro atoms. The number of nitrogens with one attached hydrogen (secondary N) is 1. The van der Waals surface area contributed by atoms with Gasteiger partial charge in [0.15, 0.2) is 0 Å². The SMILES string of the molecule is COc1ccc(S(=O)(=O)N[C@H](C)C(=O)O)cc1C. The van der Waals surface area contributed by atoms with Crippen LogP contribution < -0.4 is 9.46 Å². The van der Waals surface area contributed by atoms with Gasteiger partial charge in [0.25, 0.3) is 0 Å². The molecule has 0 aliphatic rings. The smallest absolute Gasteiger partial charge is 0.321 e. The first-order chi connectivity index (χ1) is 8.27. The van der Waals surface area contributed by atoms with Crippen molar-refractivity contribution in [3.63, 3.8) is 0 Å². The molecule has 1 aromatic carbocycles. The fraction of sp³-hybridized carbons (Fsp3) is 0.364. The first kappa shape index (κ1) is 14.5. The molecule has 0 aromatic heterocycles. The Morgan fingerprint density at radius 2 is 2.06 bits per heavy atom. The van der Waals surface area contributed by atoms with Gasteiger partial charge in [-0.3, -0.25) is 4.79 Å². The van der Waals surface area contributed by atoms with E-state index in [0.29, 0.717) is 11.3 Å². The van der Waals surface area contributed by atoms with Crippen molar-refractivity contribution in [2.24, 2.45) is 0 Å². The molecule has 0 heterocycles. The lowest BCUT2D eigenvalue weighted by atomic mass is 10.2. The predicted molar refractivity (Wildman–Crippen MR) is 65.2 cm³/mol. The fourth-order valence-electron chi connectivity index (χ4n) is 1.37. The zero-order valence-corrected chi connectivity index (χ0v) is 11.1. The third-order valence-corrected chi connectivity index (χ3v) is 3.92. The van der Waals surface area contributed by atoms with Gasteiger partial charge >= 0.3 is 5.97 Å². The quantitative estimate of drug-likeness (QED) is 0.826. The van der Waals surface area contributed by atoms with Crippen LogP contribution >= 0.6 is 0 Å². The summed E-state index contributed by atoms with van der Waals surface area (Å²) >= 11 is 0. The van der Waals surface area contributed by atoms with Gasteiger partial charge in [-0.2, -0.15) is 4.72 Å². The van der Waals surface area contributed by atoms with Gasteiger partial charge in [-0.05, 0) is 37.6 Å². The molecule has 0 saturated carbocycles. The zero-order valence-electron chi connectivity index (χ0n) is 10.3. The molecule has 6 nitrogen and oxygen atoms in total. The van der Waals surface area contributed by atoms with Crippen LogP contribution in [0.25, 0.3) is 0 Å². The van der Waals surface area contributed by atoms with E-state index < -0.39 is 22.0 Å². The van der Waals surface area contributed by atoms with Crippen LogP contribution in [0, 0.1) is 6.92 Å². The highest BCUT2D eigenvalue weighted by atomic mass is 32.2. The van der Waals surface area contributed by atoms with Gasteiger partial charge in [0.05, 0.1) is 12.0 Å². The summed E-state index contributed by atoms with van der Waals surface area (Å²) in [7, 11) is -2.35. The highest BCUT2D eigenvalue weighted by molar-refractivity contribution is 7.89. The molecular weight excluding hydrogens is 258 g/mol. The standard InChI is InChI=1S/C11H15NO5S/c1-7-6-9(4-5-10(7)17-3)18(15,16)12-8(2)11(13)14/h4-6,8,12H,1-3H3,(H,13,14)/t8-/m1/s1. The van der Waals surface area contributed by atoms with Crippen LogP contribution in [0.15, 0.2) is 23.1 Å². The zero-order chi connectivity index (χ0) is 13.9. The maximum Gasteiger partial charge on any atom is 0.321 e. The summed E-state index contributed by atoms with van der Waals surface area (Å²) < 4.78 is 30.9. The second-order valence-corrected chi connectivity index (χ2v) is 5.53. The van der Waals surface area contributed by atoms with Crippen molar-refractivity contribution in [1.82, 2.24) is 4.72 Å². The summed E-state index contributed by atoms with van der Waals surface area (Å²) in [5, 5.41) is 8.68. The number of aryl methyl sites for hydroxylation is 1. The molecule has 0 saturated heterocycles. The highest BCUT2D eigenvalue weighted by Crippen LogP contribution is 2.21. The first-order valence-electron chi connectivity index (χ1n) is 5.17. The van der Waals surface area contributed by atoms with E-state index in [0.717, 1.165) is 0 Å². The highest BCUT2D eigenvalue weighted by Gasteiger charge is 2.21. The van der Waals surface area contributed by atoms with Crippen LogP contribution in [-0.2, 0) is 14.8 Å². The summed E-state index contributed by atoms with van der Waals surface area (Å²) in [5.74, 6) is -0.663. The monoisotopic (exact) mass is 273 g/mol. The molecule has 1 rings (SSSR count). The molecule has 1 aromatic rings. The molecule has 0 aliphatic carbocycles. The van der Waals surface area contributed by atoms with E-state index in [-0.39, 0.29) is 4.90 Å². The minimum atomic E-state index is -3.84. The number of benzene rings is 1. The third-order valence-electron chi connectivity index (χ3n) is 2.38. The normalized spacial score (nSPS) is 13.1. The summed E-state index contributed by atoms with van der Waals surface area (Å²) in [6, 6.07) is 3.13. The van der Waals surface area contributed by atoms with Gasteiger partial charge in [-0.1, -0.05) is 0 Å². The molecule has 0 unspecified atom stereocenters. The summed E-state index contributed by atoms with van der Waals surface area (Å²) in [6.45, 7) is 2.97. The maximum absolute atomic E-state index is 11.9. The van der Waals surface area contributed by atoms with E-state index in [2.05, 4.69) is 4.72 Å². The Labute approximate surface area is 106 Å². The molecule has 0 aliphatic heterocycles. The van der Waals surface area contributed by atoms with E-state index in [4.69, 9.17) is 9.84 Å². The Balaban J connectivity index is 3.06. The van der Waals surface area contributed by atoms with Gasteiger partial charge in [0.1, 0.15) is 11.8 Å². The molecule has 0 radical (unpaired) electrons. The van der Waals surface area contributed by atoms with Gasteiger partial charge in [-0.25, -0.2) is 8.42 Å². The Bertz CT molecular complexity index is 553. The van der Waals surface area contributed by atoms with Crippen LogP contribution in [0.5, 0.6) is 5.75 Å². The lowest BCUT2D eigenvalue weighted by Gasteiger charge is -2.11. The number of aliphatic carboxylic acids is 1. The second-order valence-electron chi connectivity index (χ2n) is 3.81. The topological polar surface area (TPSA) is 92.7 Å². The number of hydrogen-bond acceptors (Lipinski definition) is 4. The van der Waals surface area contributed by atoms with Gasteiger partial charge in [0, 0.05) is 0 Å². The molecular formula is C11H15NO5S. The van der Waals surface area contributed by atoms with Gasteiger partial charge in [-0.15, -0.1) is 0 Å². The van der Waals surface area contributed by atoms with Crippen molar-refractivity contribution in [2.75, 3.05) is 7.11 Å². The summed E-state index contributed by atoms with van der Waals surface area (Å²) in [4.78, 5) is 10.6. The Kier molecular flexibility index (Phi) is 4.31. The third kappa shape index (κ3) is 3.21. The van der Waals surface area contributed by atoms with Crippen molar-refractivity contribution in [1.29, 1.82) is 0 Å². The molecule has 100 valence electrons. The van der Waals surface area contributed by atoms with E-state index in [9.17, 15) is 13.2 Å². The van der Waals surface area contributed by atoms with E-state index in [1.807, 2.05) is 0 Å². The minimum absolute atomic E-state index is 0.00824. The minimum Gasteiger partial charge on any atom is -0.496 e. The van der Waals surface area contributed by atoms with Gasteiger partial charge < -0.3 is 9.84 Å². The van der Waals surface area contributed by atoms with Crippen LogP contribution in [0.4, 0.5) is 0 Å².